The van der Waals surface area contributed by atoms with Crippen LogP contribution >= 0.6 is 0 Å². The third-order valence-corrected chi connectivity index (χ3v) is 3.76. The van der Waals surface area contributed by atoms with Crippen LogP contribution in [0, 0.1) is 5.92 Å². The maximum atomic E-state index is 12.3. The fourth-order valence-electron chi connectivity index (χ4n) is 2.27. The van der Waals surface area contributed by atoms with Crippen LogP contribution < -0.4 is 10.6 Å². The van der Waals surface area contributed by atoms with Crippen molar-refractivity contribution in [2.24, 2.45) is 5.92 Å². The molecule has 1 unspecified atom stereocenters. The molecular weight excluding hydrogens is 236 g/mol. The van der Waals surface area contributed by atoms with Crippen molar-refractivity contribution >= 4 is 11.6 Å². The van der Waals surface area contributed by atoms with Crippen LogP contribution in [0.4, 0.5) is 5.69 Å². The highest BCUT2D eigenvalue weighted by Crippen LogP contribution is 2.28. The molecule has 1 atom stereocenters. The van der Waals surface area contributed by atoms with E-state index in [4.69, 9.17) is 0 Å². The Balaban J connectivity index is 2.37. The van der Waals surface area contributed by atoms with E-state index in [0.717, 1.165) is 17.8 Å². The molecule has 1 aromatic rings. The van der Waals surface area contributed by atoms with Crippen LogP contribution in [0.2, 0.25) is 0 Å². The minimum absolute atomic E-state index is 0.0322. The van der Waals surface area contributed by atoms with Gasteiger partial charge in [0.25, 0.3) is 5.91 Å². The van der Waals surface area contributed by atoms with Crippen LogP contribution in [0.3, 0.4) is 0 Å². The van der Waals surface area contributed by atoms with Gasteiger partial charge in [-0.15, -0.1) is 0 Å². The van der Waals surface area contributed by atoms with Crippen molar-refractivity contribution in [3.05, 3.63) is 29.3 Å². The lowest BCUT2D eigenvalue weighted by Gasteiger charge is -2.20. The predicted octanol–water partition coefficient (Wildman–Crippen LogP) is 3.16. The van der Waals surface area contributed by atoms with E-state index >= 15 is 0 Å². The summed E-state index contributed by atoms with van der Waals surface area (Å²) in [4.78, 5) is 12.3. The van der Waals surface area contributed by atoms with Crippen LogP contribution in [0.15, 0.2) is 18.2 Å². The molecule has 1 amide bonds. The van der Waals surface area contributed by atoms with Gasteiger partial charge in [0.15, 0.2) is 0 Å². The number of hydrogen-bond acceptors (Lipinski definition) is 2. The van der Waals surface area contributed by atoms with Crippen molar-refractivity contribution in [1.29, 1.82) is 0 Å². The lowest BCUT2D eigenvalue weighted by molar-refractivity contribution is 0.0933. The Morgan fingerprint density at radius 2 is 1.95 bits per heavy atom. The van der Waals surface area contributed by atoms with Crippen LogP contribution in [-0.2, 0) is 5.41 Å². The normalized spacial score (nSPS) is 19.5. The van der Waals surface area contributed by atoms with Crippen molar-refractivity contribution < 1.29 is 4.79 Å². The highest BCUT2D eigenvalue weighted by Gasteiger charge is 2.25. The molecule has 0 radical (unpaired) electrons. The molecule has 104 valence electrons. The molecule has 0 spiro atoms. The summed E-state index contributed by atoms with van der Waals surface area (Å²) in [5, 5.41) is 6.49. The lowest BCUT2D eigenvalue weighted by Crippen LogP contribution is -2.40. The number of hydrogen-bond donors (Lipinski definition) is 2. The van der Waals surface area contributed by atoms with Crippen LogP contribution in [-0.4, -0.2) is 18.5 Å². The van der Waals surface area contributed by atoms with E-state index in [1.807, 2.05) is 12.1 Å². The average molecular weight is 260 g/mol. The number of amides is 1. The maximum Gasteiger partial charge on any atom is 0.253 e. The number of carbonyl (C=O) groups excluding carboxylic acids is 1. The topological polar surface area (TPSA) is 41.1 Å². The Kier molecular flexibility index (Phi) is 3.57. The Bertz CT molecular complexity index is 486. The molecule has 3 nitrogen and oxygen atoms in total. The first-order valence-corrected chi connectivity index (χ1v) is 6.98. The summed E-state index contributed by atoms with van der Waals surface area (Å²) in [5.74, 6) is 0.456. The molecule has 3 heteroatoms. The third-order valence-electron chi connectivity index (χ3n) is 3.76. The molecule has 19 heavy (non-hydrogen) atoms. The summed E-state index contributed by atoms with van der Waals surface area (Å²) < 4.78 is 0. The first-order valence-electron chi connectivity index (χ1n) is 6.98. The van der Waals surface area contributed by atoms with E-state index in [1.165, 1.54) is 5.56 Å². The zero-order valence-electron chi connectivity index (χ0n) is 12.5. The lowest BCUT2D eigenvalue weighted by atomic mass is 9.86. The average Bonchev–Trinajstić information content (AvgIpc) is 2.47. The molecule has 2 rings (SSSR count). The highest BCUT2D eigenvalue weighted by molar-refractivity contribution is 6.00. The second-order valence-corrected chi connectivity index (χ2v) is 6.72. The van der Waals surface area contributed by atoms with Crippen LogP contribution in [0.5, 0.6) is 0 Å². The van der Waals surface area contributed by atoms with Gasteiger partial charge in [-0.25, -0.2) is 0 Å². The number of anilines is 1. The summed E-state index contributed by atoms with van der Waals surface area (Å²) in [5.41, 5.74) is 2.94. The molecule has 0 saturated carbocycles. The van der Waals surface area contributed by atoms with Gasteiger partial charge in [0, 0.05) is 18.3 Å². The fourth-order valence-corrected chi connectivity index (χ4v) is 2.27. The molecule has 0 saturated heterocycles. The second kappa shape index (κ2) is 4.87. The van der Waals surface area contributed by atoms with Crippen molar-refractivity contribution in [2.75, 3.05) is 11.9 Å². The summed E-state index contributed by atoms with van der Waals surface area (Å²) in [6.07, 6.45) is 0. The largest absolute Gasteiger partial charge is 0.382 e. The summed E-state index contributed by atoms with van der Waals surface area (Å²) in [6.45, 7) is 11.5. The molecule has 0 fully saturated rings. The van der Waals surface area contributed by atoms with Gasteiger partial charge in [0.2, 0.25) is 0 Å². The van der Waals surface area contributed by atoms with E-state index in [1.54, 1.807) is 0 Å². The van der Waals surface area contributed by atoms with E-state index in [0.29, 0.717) is 5.92 Å². The Morgan fingerprint density at radius 1 is 1.26 bits per heavy atom. The number of benzene rings is 1. The molecule has 1 heterocycles. The number of rotatable bonds is 1. The number of nitrogens with one attached hydrogen (secondary N) is 2. The molecule has 1 aromatic carbocycles. The summed E-state index contributed by atoms with van der Waals surface area (Å²) in [7, 11) is 0. The van der Waals surface area contributed by atoms with Gasteiger partial charge in [0.05, 0.1) is 5.56 Å². The van der Waals surface area contributed by atoms with Crippen molar-refractivity contribution in [2.45, 2.75) is 46.1 Å². The van der Waals surface area contributed by atoms with E-state index in [9.17, 15) is 4.79 Å². The monoisotopic (exact) mass is 260 g/mol. The third kappa shape index (κ3) is 2.91. The molecule has 1 aliphatic rings. The number of fused-ring (bicyclic) bond motifs is 1. The molecule has 1 aliphatic heterocycles. The fraction of sp³-hybridized carbons (Fsp3) is 0.562. The molecular formula is C16H24N2O. The molecule has 2 N–H and O–H groups in total. The Hall–Kier alpha value is -1.51. The minimum Gasteiger partial charge on any atom is -0.382 e. The second-order valence-electron chi connectivity index (χ2n) is 6.72. The Labute approximate surface area is 115 Å². The molecule has 0 aromatic heterocycles. The van der Waals surface area contributed by atoms with E-state index in [-0.39, 0.29) is 17.4 Å². The summed E-state index contributed by atoms with van der Waals surface area (Å²) in [6, 6.07) is 6.32. The molecule has 0 aliphatic carbocycles. The maximum absolute atomic E-state index is 12.3. The van der Waals surface area contributed by atoms with Gasteiger partial charge in [-0.1, -0.05) is 40.7 Å². The summed E-state index contributed by atoms with van der Waals surface area (Å²) >= 11 is 0. The standard InChI is InChI=1S/C16H24N2O/c1-10(2)14-9-17-13-7-6-11(16(3,4)5)8-12(13)15(19)18-14/h6-8,10,14,17H,9H2,1-5H3,(H,18,19). The first kappa shape index (κ1) is 13.9. The minimum atomic E-state index is 0.0322. The van der Waals surface area contributed by atoms with E-state index in [2.05, 4.69) is 51.3 Å². The van der Waals surface area contributed by atoms with Crippen molar-refractivity contribution in [3.63, 3.8) is 0 Å². The zero-order valence-corrected chi connectivity index (χ0v) is 12.5. The Morgan fingerprint density at radius 3 is 2.53 bits per heavy atom. The molecule has 0 bridgehead atoms. The van der Waals surface area contributed by atoms with Crippen molar-refractivity contribution in [3.8, 4) is 0 Å². The number of carbonyl (C=O) groups is 1. The van der Waals surface area contributed by atoms with Gasteiger partial charge >= 0.3 is 0 Å². The van der Waals surface area contributed by atoms with Gasteiger partial charge in [0.1, 0.15) is 0 Å². The van der Waals surface area contributed by atoms with Crippen LogP contribution in [0.25, 0.3) is 0 Å². The van der Waals surface area contributed by atoms with Gasteiger partial charge in [-0.2, -0.15) is 0 Å². The van der Waals surface area contributed by atoms with Gasteiger partial charge < -0.3 is 10.6 Å². The quantitative estimate of drug-likeness (QED) is 0.814. The zero-order chi connectivity index (χ0) is 14.2. The SMILES string of the molecule is CC(C)C1CNc2ccc(C(C)(C)C)cc2C(=O)N1. The first-order chi connectivity index (χ1) is 8.79. The predicted molar refractivity (Wildman–Crippen MR) is 79.7 cm³/mol. The van der Waals surface area contributed by atoms with Gasteiger partial charge in [-0.05, 0) is 29.0 Å². The highest BCUT2D eigenvalue weighted by atomic mass is 16.1. The van der Waals surface area contributed by atoms with Gasteiger partial charge in [-0.3, -0.25) is 4.79 Å². The van der Waals surface area contributed by atoms with Crippen molar-refractivity contribution in [1.82, 2.24) is 5.32 Å². The van der Waals surface area contributed by atoms with E-state index < -0.39 is 0 Å². The smallest absolute Gasteiger partial charge is 0.253 e. The van der Waals surface area contributed by atoms with Crippen LogP contribution in [0.1, 0.15) is 50.5 Å².